The van der Waals surface area contributed by atoms with Crippen molar-refractivity contribution in [1.82, 2.24) is 0 Å². The number of allylic oxidation sites excluding steroid dienone is 2. The van der Waals surface area contributed by atoms with Crippen molar-refractivity contribution in [2.75, 3.05) is 0 Å². The monoisotopic (exact) mass is 258 g/mol. The molecule has 0 aromatic heterocycles. The first-order valence-corrected chi connectivity index (χ1v) is 7.95. The second-order valence-corrected chi connectivity index (χ2v) is 6.95. The van der Waals surface area contributed by atoms with Gasteiger partial charge in [-0.05, 0) is 47.2 Å². The average molecular weight is 258 g/mol. The van der Waals surface area contributed by atoms with E-state index in [4.69, 9.17) is 13.3 Å². The van der Waals surface area contributed by atoms with Gasteiger partial charge >= 0.3 is 8.80 Å². The lowest BCUT2D eigenvalue weighted by molar-refractivity contribution is 0.0139. The van der Waals surface area contributed by atoms with E-state index in [9.17, 15) is 0 Å². The summed E-state index contributed by atoms with van der Waals surface area (Å²) in [5.74, 6) is 0. The summed E-state index contributed by atoms with van der Waals surface area (Å²) in [4.78, 5) is 0. The number of rotatable bonds is 8. The Bertz CT molecular complexity index is 221. The highest BCUT2D eigenvalue weighted by Gasteiger charge is 2.41. The first kappa shape index (κ1) is 16.6. The Morgan fingerprint density at radius 2 is 1.18 bits per heavy atom. The zero-order chi connectivity index (χ0) is 13.5. The van der Waals surface area contributed by atoms with Crippen molar-refractivity contribution in [1.29, 1.82) is 0 Å². The Morgan fingerprint density at radius 1 is 0.824 bits per heavy atom. The van der Waals surface area contributed by atoms with Gasteiger partial charge in [0.15, 0.2) is 0 Å². The van der Waals surface area contributed by atoms with Gasteiger partial charge < -0.3 is 13.3 Å². The van der Waals surface area contributed by atoms with Crippen molar-refractivity contribution < 1.29 is 13.3 Å². The Balaban J connectivity index is 5.03. The van der Waals surface area contributed by atoms with Gasteiger partial charge in [0.2, 0.25) is 0 Å². The molecular formula is C13H26O3Si. The molecule has 3 nitrogen and oxygen atoms in total. The molecule has 0 saturated carbocycles. The number of hydrogen-bond donors (Lipinski definition) is 0. The highest BCUT2D eigenvalue weighted by Crippen LogP contribution is 2.19. The highest BCUT2D eigenvalue weighted by molar-refractivity contribution is 6.66. The van der Waals surface area contributed by atoms with Crippen LogP contribution in [-0.4, -0.2) is 27.1 Å². The fraction of sp³-hybridized carbons (Fsp3) is 0.692. The molecule has 4 heteroatoms. The van der Waals surface area contributed by atoms with Crippen LogP contribution in [0.15, 0.2) is 24.4 Å². The molecule has 0 heterocycles. The molecule has 0 aliphatic heterocycles. The van der Waals surface area contributed by atoms with Gasteiger partial charge in [-0.2, -0.15) is 0 Å². The van der Waals surface area contributed by atoms with Crippen LogP contribution in [0.5, 0.6) is 0 Å². The summed E-state index contributed by atoms with van der Waals surface area (Å²) in [6.45, 7) is 15.6. The van der Waals surface area contributed by atoms with E-state index in [1.165, 1.54) is 0 Å². The maximum atomic E-state index is 5.92. The van der Waals surface area contributed by atoms with E-state index < -0.39 is 8.80 Å². The second-order valence-electron chi connectivity index (χ2n) is 4.70. The zero-order valence-corrected chi connectivity index (χ0v) is 12.9. The lowest BCUT2D eigenvalue weighted by Gasteiger charge is -2.32. The molecule has 0 N–H and O–H groups in total. The van der Waals surface area contributed by atoms with Crippen molar-refractivity contribution in [3.63, 3.8) is 0 Å². The van der Waals surface area contributed by atoms with Crippen LogP contribution in [-0.2, 0) is 13.3 Å². The van der Waals surface area contributed by atoms with Crippen LogP contribution in [0.3, 0.4) is 0 Å². The van der Waals surface area contributed by atoms with E-state index in [0.29, 0.717) is 0 Å². The minimum Gasteiger partial charge on any atom is -0.368 e. The SMILES string of the molecule is C=CC=C[Si](OC(C)C)(OC(C)C)OC(C)C. The molecule has 0 bridgehead atoms. The fourth-order valence-corrected chi connectivity index (χ4v) is 4.12. The van der Waals surface area contributed by atoms with E-state index in [1.54, 1.807) is 6.08 Å². The molecule has 0 spiro atoms. The standard InChI is InChI=1S/C13H26O3Si/c1-8-9-10-17(14-11(2)3,15-12(4)5)16-13(6)7/h8-13H,1H2,2-7H3. The summed E-state index contributed by atoms with van der Waals surface area (Å²) in [6, 6.07) is 0. The molecule has 0 atom stereocenters. The molecule has 0 radical (unpaired) electrons. The fourth-order valence-electron chi connectivity index (χ4n) is 1.37. The van der Waals surface area contributed by atoms with E-state index in [0.717, 1.165) is 0 Å². The van der Waals surface area contributed by atoms with Crippen molar-refractivity contribution >= 4 is 8.80 Å². The van der Waals surface area contributed by atoms with Crippen LogP contribution >= 0.6 is 0 Å². The summed E-state index contributed by atoms with van der Waals surface area (Å²) in [5, 5.41) is 0. The van der Waals surface area contributed by atoms with Gasteiger partial charge in [-0.15, -0.1) is 0 Å². The molecule has 0 aromatic rings. The summed E-state index contributed by atoms with van der Waals surface area (Å²) in [7, 11) is -2.76. The van der Waals surface area contributed by atoms with Gasteiger partial charge in [0.1, 0.15) is 0 Å². The maximum Gasteiger partial charge on any atom is 0.530 e. The molecule has 0 fully saturated rings. The van der Waals surface area contributed by atoms with E-state index in [-0.39, 0.29) is 18.3 Å². The highest BCUT2D eigenvalue weighted by atomic mass is 28.4. The molecule has 0 aromatic carbocycles. The summed E-state index contributed by atoms with van der Waals surface area (Å²) in [6.07, 6.45) is 3.73. The first-order valence-electron chi connectivity index (χ1n) is 6.15. The quantitative estimate of drug-likeness (QED) is 0.493. The molecule has 0 amide bonds. The van der Waals surface area contributed by atoms with Crippen molar-refractivity contribution in [3.8, 4) is 0 Å². The third-order valence-corrected chi connectivity index (χ3v) is 4.64. The maximum absolute atomic E-state index is 5.92. The minimum atomic E-state index is -2.76. The summed E-state index contributed by atoms with van der Waals surface area (Å²) in [5.41, 5.74) is 1.89. The third-order valence-electron chi connectivity index (χ3n) is 1.64. The molecule has 0 rings (SSSR count). The average Bonchev–Trinajstić information content (AvgIpc) is 2.11. The van der Waals surface area contributed by atoms with Gasteiger partial charge in [-0.3, -0.25) is 0 Å². The van der Waals surface area contributed by atoms with Gasteiger partial charge in [-0.25, -0.2) is 0 Å². The third kappa shape index (κ3) is 7.49. The van der Waals surface area contributed by atoms with Crippen LogP contribution in [0.25, 0.3) is 0 Å². The predicted molar refractivity (Wildman–Crippen MR) is 73.8 cm³/mol. The summed E-state index contributed by atoms with van der Waals surface area (Å²) >= 11 is 0. The molecular weight excluding hydrogens is 232 g/mol. The van der Waals surface area contributed by atoms with Crippen molar-refractivity contribution in [2.45, 2.75) is 59.9 Å². The second kappa shape index (κ2) is 7.82. The molecule has 0 unspecified atom stereocenters. The van der Waals surface area contributed by atoms with E-state index >= 15 is 0 Å². The van der Waals surface area contributed by atoms with E-state index in [1.807, 2.05) is 53.3 Å². The Hall–Kier alpha value is -0.423. The van der Waals surface area contributed by atoms with Gasteiger partial charge in [0.05, 0.1) is 0 Å². The molecule has 0 saturated heterocycles. The predicted octanol–water partition coefficient (Wildman–Crippen LogP) is 3.48. The Kier molecular flexibility index (Phi) is 7.62. The smallest absolute Gasteiger partial charge is 0.368 e. The van der Waals surface area contributed by atoms with Crippen molar-refractivity contribution in [2.24, 2.45) is 0 Å². The van der Waals surface area contributed by atoms with E-state index in [2.05, 4.69) is 6.58 Å². The molecule has 100 valence electrons. The molecule has 17 heavy (non-hydrogen) atoms. The van der Waals surface area contributed by atoms with Crippen LogP contribution in [0, 0.1) is 0 Å². The van der Waals surface area contributed by atoms with Crippen LogP contribution < -0.4 is 0 Å². The minimum absolute atomic E-state index is 0.0635. The Morgan fingerprint density at radius 3 is 1.41 bits per heavy atom. The Labute approximate surface area is 107 Å². The largest absolute Gasteiger partial charge is 0.530 e. The summed E-state index contributed by atoms with van der Waals surface area (Å²) < 4.78 is 17.8. The van der Waals surface area contributed by atoms with Crippen LogP contribution in [0.2, 0.25) is 0 Å². The van der Waals surface area contributed by atoms with Crippen LogP contribution in [0.4, 0.5) is 0 Å². The van der Waals surface area contributed by atoms with Gasteiger partial charge in [-0.1, -0.05) is 18.7 Å². The number of hydrogen-bond acceptors (Lipinski definition) is 3. The van der Waals surface area contributed by atoms with Crippen LogP contribution in [0.1, 0.15) is 41.5 Å². The molecule has 0 aliphatic carbocycles. The van der Waals surface area contributed by atoms with Crippen molar-refractivity contribution in [3.05, 3.63) is 24.4 Å². The lowest BCUT2D eigenvalue weighted by Crippen LogP contribution is -2.49. The van der Waals surface area contributed by atoms with Gasteiger partial charge in [0, 0.05) is 18.3 Å². The topological polar surface area (TPSA) is 27.7 Å². The van der Waals surface area contributed by atoms with Gasteiger partial charge in [0.25, 0.3) is 0 Å². The normalized spacial score (nSPS) is 13.2. The first-order chi connectivity index (χ1) is 7.81. The molecule has 0 aliphatic rings. The zero-order valence-electron chi connectivity index (χ0n) is 11.9. The lowest BCUT2D eigenvalue weighted by atomic mass is 10.5.